The molecule has 1 aliphatic carbocycles. The molecule has 2 unspecified atom stereocenters. The van der Waals surface area contributed by atoms with Crippen LogP contribution in [0.4, 0.5) is 0 Å². The van der Waals surface area contributed by atoms with Crippen LogP contribution in [0.5, 0.6) is 0 Å². The number of nitrogens with zero attached hydrogens (tertiary/aromatic N) is 1. The zero-order valence-electron chi connectivity index (χ0n) is 14.3. The van der Waals surface area contributed by atoms with Crippen molar-refractivity contribution in [3.05, 3.63) is 24.1 Å². The highest BCUT2D eigenvalue weighted by molar-refractivity contribution is 5.16. The Morgan fingerprint density at radius 1 is 1.45 bits per heavy atom. The first-order chi connectivity index (χ1) is 10.6. The summed E-state index contributed by atoms with van der Waals surface area (Å²) in [6, 6.07) is 0. The van der Waals surface area contributed by atoms with Crippen LogP contribution in [0.15, 0.2) is 24.1 Å². The first kappa shape index (κ1) is 15.9. The number of nitrogens with one attached hydrogen (secondary N) is 2. The van der Waals surface area contributed by atoms with Crippen molar-refractivity contribution in [2.45, 2.75) is 77.4 Å². The van der Waals surface area contributed by atoms with Crippen LogP contribution in [0.3, 0.4) is 0 Å². The molecule has 0 bridgehead atoms. The molecule has 0 radical (unpaired) electrons. The summed E-state index contributed by atoms with van der Waals surface area (Å²) in [4.78, 5) is 2.41. The largest absolute Gasteiger partial charge is 0.475 e. The minimum absolute atomic E-state index is 0.129. The van der Waals surface area contributed by atoms with Gasteiger partial charge in [0.25, 0.3) is 0 Å². The Balaban J connectivity index is 1.56. The van der Waals surface area contributed by atoms with Gasteiger partial charge >= 0.3 is 0 Å². The monoisotopic (exact) mass is 305 g/mol. The maximum Gasteiger partial charge on any atom is 0.176 e. The lowest BCUT2D eigenvalue weighted by atomic mass is 10.1. The third-order valence-corrected chi connectivity index (χ3v) is 4.73. The van der Waals surface area contributed by atoms with E-state index in [1.54, 1.807) is 0 Å². The Morgan fingerprint density at radius 2 is 2.27 bits per heavy atom. The summed E-state index contributed by atoms with van der Waals surface area (Å²) in [5.74, 6) is 1.83. The average molecular weight is 305 g/mol. The topological polar surface area (TPSA) is 36.5 Å². The summed E-state index contributed by atoms with van der Waals surface area (Å²) in [7, 11) is 0. The molecule has 1 fully saturated rings. The summed E-state index contributed by atoms with van der Waals surface area (Å²) in [6.07, 6.45) is 14.2. The fourth-order valence-electron chi connectivity index (χ4n) is 3.39. The molecule has 124 valence electrons. The van der Waals surface area contributed by atoms with Crippen LogP contribution in [0, 0.1) is 5.92 Å². The van der Waals surface area contributed by atoms with E-state index >= 15 is 0 Å². The summed E-state index contributed by atoms with van der Waals surface area (Å²) >= 11 is 0. The van der Waals surface area contributed by atoms with Crippen molar-refractivity contribution in [1.29, 1.82) is 0 Å². The highest BCUT2D eigenvalue weighted by Gasteiger charge is 2.52. The molecule has 0 amide bonds. The lowest BCUT2D eigenvalue weighted by Gasteiger charge is -2.41. The van der Waals surface area contributed by atoms with E-state index in [4.69, 9.17) is 4.74 Å². The standard InChI is InChI=1S/C18H31N3O/c1-4-5-11-19-16-8-12-21(18(20-16)9-10-18)17-7-6-15(22-17)13-14(2)3/h6,8,12,14,16-17,19-20H,4-5,7,9-11,13H2,1-3H3. The summed E-state index contributed by atoms with van der Waals surface area (Å²) in [6.45, 7) is 7.80. The van der Waals surface area contributed by atoms with Crippen molar-refractivity contribution in [3.8, 4) is 0 Å². The normalized spacial score (nSPS) is 29.1. The maximum atomic E-state index is 6.20. The maximum absolute atomic E-state index is 6.20. The van der Waals surface area contributed by atoms with Gasteiger partial charge in [0.1, 0.15) is 0 Å². The van der Waals surface area contributed by atoms with Gasteiger partial charge in [0.05, 0.1) is 17.6 Å². The van der Waals surface area contributed by atoms with Gasteiger partial charge in [0, 0.05) is 19.0 Å². The van der Waals surface area contributed by atoms with Crippen LogP contribution in [0.2, 0.25) is 0 Å². The molecule has 2 aliphatic heterocycles. The van der Waals surface area contributed by atoms with Crippen LogP contribution < -0.4 is 10.6 Å². The minimum Gasteiger partial charge on any atom is -0.475 e. The second kappa shape index (κ2) is 6.63. The predicted octanol–water partition coefficient (Wildman–Crippen LogP) is 3.29. The number of ether oxygens (including phenoxy) is 1. The van der Waals surface area contributed by atoms with Crippen LogP contribution in [-0.2, 0) is 4.74 Å². The fourth-order valence-corrected chi connectivity index (χ4v) is 3.39. The summed E-state index contributed by atoms with van der Waals surface area (Å²) < 4.78 is 6.20. The number of rotatable bonds is 7. The van der Waals surface area contributed by atoms with E-state index in [0.29, 0.717) is 12.1 Å². The molecular weight excluding hydrogens is 274 g/mol. The lowest BCUT2D eigenvalue weighted by molar-refractivity contribution is -0.0275. The minimum atomic E-state index is 0.129. The van der Waals surface area contributed by atoms with Gasteiger partial charge in [-0.3, -0.25) is 10.6 Å². The second-order valence-electron chi connectivity index (χ2n) is 7.29. The van der Waals surface area contributed by atoms with Crippen molar-refractivity contribution in [2.24, 2.45) is 5.92 Å². The van der Waals surface area contributed by atoms with Gasteiger partial charge in [-0.05, 0) is 43.9 Å². The van der Waals surface area contributed by atoms with E-state index in [9.17, 15) is 0 Å². The molecule has 4 heteroatoms. The number of allylic oxidation sites excluding steroid dienone is 1. The van der Waals surface area contributed by atoms with Gasteiger partial charge in [-0.25, -0.2) is 0 Å². The number of unbranched alkanes of at least 4 members (excludes halogenated alkanes) is 1. The van der Waals surface area contributed by atoms with Crippen molar-refractivity contribution < 1.29 is 4.74 Å². The SMILES string of the molecule is CCCCNC1C=CN(C2CC=C(CC(C)C)O2)C2(CC2)N1. The second-order valence-corrected chi connectivity index (χ2v) is 7.29. The Kier molecular flexibility index (Phi) is 4.79. The molecule has 2 N–H and O–H groups in total. The van der Waals surface area contributed by atoms with E-state index < -0.39 is 0 Å². The van der Waals surface area contributed by atoms with Crippen molar-refractivity contribution in [2.75, 3.05) is 6.54 Å². The fraction of sp³-hybridized carbons (Fsp3) is 0.778. The molecule has 3 aliphatic rings. The first-order valence-corrected chi connectivity index (χ1v) is 8.96. The Hall–Kier alpha value is -1.00. The Bertz CT molecular complexity index is 440. The molecule has 1 saturated carbocycles. The molecule has 0 aromatic heterocycles. The van der Waals surface area contributed by atoms with E-state index in [1.807, 2.05) is 0 Å². The Morgan fingerprint density at radius 3 is 2.95 bits per heavy atom. The predicted molar refractivity (Wildman–Crippen MR) is 89.8 cm³/mol. The molecule has 0 aromatic rings. The molecule has 4 nitrogen and oxygen atoms in total. The zero-order chi connectivity index (χ0) is 15.6. The highest BCUT2D eigenvalue weighted by atomic mass is 16.5. The molecule has 2 atom stereocenters. The number of hydrogen-bond acceptors (Lipinski definition) is 4. The van der Waals surface area contributed by atoms with Crippen molar-refractivity contribution in [3.63, 3.8) is 0 Å². The van der Waals surface area contributed by atoms with E-state index in [0.717, 1.165) is 19.4 Å². The van der Waals surface area contributed by atoms with Crippen LogP contribution in [-0.4, -0.2) is 29.5 Å². The van der Waals surface area contributed by atoms with Gasteiger partial charge in [0.15, 0.2) is 6.23 Å². The molecule has 3 rings (SSSR count). The molecule has 0 aromatic carbocycles. The molecular formula is C18H31N3O. The van der Waals surface area contributed by atoms with Crippen molar-refractivity contribution in [1.82, 2.24) is 15.5 Å². The van der Waals surface area contributed by atoms with Crippen molar-refractivity contribution >= 4 is 0 Å². The zero-order valence-corrected chi connectivity index (χ0v) is 14.3. The van der Waals surface area contributed by atoms with Gasteiger partial charge in [-0.2, -0.15) is 0 Å². The van der Waals surface area contributed by atoms with Crippen LogP contribution in [0.25, 0.3) is 0 Å². The lowest BCUT2D eigenvalue weighted by Crippen LogP contribution is -2.59. The third kappa shape index (κ3) is 3.49. The first-order valence-electron chi connectivity index (χ1n) is 8.96. The molecule has 22 heavy (non-hydrogen) atoms. The van der Waals surface area contributed by atoms with Gasteiger partial charge in [0.2, 0.25) is 0 Å². The van der Waals surface area contributed by atoms with E-state index in [1.165, 1.54) is 31.4 Å². The van der Waals surface area contributed by atoms with Crippen LogP contribution in [0.1, 0.15) is 59.3 Å². The smallest absolute Gasteiger partial charge is 0.176 e. The van der Waals surface area contributed by atoms with E-state index in [2.05, 4.69) is 54.7 Å². The number of hydrogen-bond donors (Lipinski definition) is 2. The summed E-state index contributed by atoms with van der Waals surface area (Å²) in [5.41, 5.74) is 0.129. The molecule has 0 saturated heterocycles. The highest BCUT2D eigenvalue weighted by Crippen LogP contribution is 2.44. The quantitative estimate of drug-likeness (QED) is 0.708. The van der Waals surface area contributed by atoms with Crippen LogP contribution >= 0.6 is 0 Å². The van der Waals surface area contributed by atoms with Gasteiger partial charge in [-0.1, -0.05) is 27.2 Å². The third-order valence-electron chi connectivity index (χ3n) is 4.73. The summed E-state index contributed by atoms with van der Waals surface area (Å²) in [5, 5.41) is 7.36. The molecule has 2 heterocycles. The average Bonchev–Trinajstić information content (AvgIpc) is 3.07. The Labute approximate surface area is 135 Å². The van der Waals surface area contributed by atoms with Gasteiger partial charge in [-0.15, -0.1) is 0 Å². The molecule has 1 spiro atoms. The van der Waals surface area contributed by atoms with Gasteiger partial charge < -0.3 is 9.64 Å². The van der Waals surface area contributed by atoms with E-state index in [-0.39, 0.29) is 11.9 Å².